The summed E-state index contributed by atoms with van der Waals surface area (Å²) in [6.45, 7) is 7.75. The minimum Gasteiger partial charge on any atom is -0.390 e. The Kier molecular flexibility index (Phi) is 2.52. The van der Waals surface area contributed by atoms with Crippen LogP contribution in [-0.4, -0.2) is 42.3 Å². The molecule has 11 heavy (non-hydrogen) atoms. The summed E-state index contributed by atoms with van der Waals surface area (Å²) < 4.78 is 0. The summed E-state index contributed by atoms with van der Waals surface area (Å²) in [6.07, 6.45) is -0.342. The molecule has 1 unspecified atom stereocenters. The van der Waals surface area contributed by atoms with Gasteiger partial charge in [0, 0.05) is 26.2 Å². The second kappa shape index (κ2) is 3.09. The van der Waals surface area contributed by atoms with Crippen LogP contribution in [0.3, 0.4) is 0 Å². The zero-order valence-corrected chi connectivity index (χ0v) is 7.38. The number of hydrogen-bond acceptors (Lipinski definition) is 3. The summed E-state index contributed by atoms with van der Waals surface area (Å²) in [5, 5.41) is 9.20. The molecule has 1 heterocycles. The highest BCUT2D eigenvalue weighted by molar-refractivity contribution is 4.88. The van der Waals surface area contributed by atoms with E-state index in [1.54, 1.807) is 0 Å². The number of β-amino-alcohol motifs (C(OH)–C–C–N with tert-alkyl or cyclic N) is 1. The van der Waals surface area contributed by atoms with Crippen LogP contribution in [-0.2, 0) is 0 Å². The first-order chi connectivity index (χ1) is 5.03. The number of aliphatic hydroxyl groups excluding tert-OH is 1. The van der Waals surface area contributed by atoms with Crippen LogP contribution in [0.25, 0.3) is 0 Å². The van der Waals surface area contributed by atoms with Crippen LogP contribution >= 0.6 is 0 Å². The molecule has 0 aliphatic carbocycles. The lowest BCUT2D eigenvalue weighted by Crippen LogP contribution is -2.55. The molecule has 0 aromatic carbocycles. The summed E-state index contributed by atoms with van der Waals surface area (Å²) in [5.74, 6) is 0. The maximum absolute atomic E-state index is 9.20. The zero-order chi connectivity index (χ0) is 8.48. The Labute approximate surface area is 68.2 Å². The minimum absolute atomic E-state index is 0.342. The summed E-state index contributed by atoms with van der Waals surface area (Å²) in [5.41, 5.74) is 5.74. The van der Waals surface area contributed by atoms with Gasteiger partial charge in [0.05, 0.1) is 6.10 Å². The molecule has 3 nitrogen and oxygen atoms in total. The molecule has 1 saturated heterocycles. The van der Waals surface area contributed by atoms with E-state index in [0.29, 0.717) is 12.0 Å². The standard InChI is InChI=1S/C8H18N2O/c1-8(2)5-10(6-8)4-7(11)3-9/h7,11H,3-6,9H2,1-2H3. The fourth-order valence-electron chi connectivity index (χ4n) is 1.67. The van der Waals surface area contributed by atoms with Crippen LogP contribution in [0.1, 0.15) is 13.8 Å². The van der Waals surface area contributed by atoms with Crippen LogP contribution < -0.4 is 5.73 Å². The van der Waals surface area contributed by atoms with Gasteiger partial charge >= 0.3 is 0 Å². The Morgan fingerprint density at radius 2 is 2.09 bits per heavy atom. The van der Waals surface area contributed by atoms with Crippen LogP contribution in [0.15, 0.2) is 0 Å². The maximum atomic E-state index is 9.20. The number of aliphatic hydroxyl groups is 1. The number of rotatable bonds is 3. The van der Waals surface area contributed by atoms with Gasteiger partial charge in [0.25, 0.3) is 0 Å². The monoisotopic (exact) mass is 158 g/mol. The molecule has 0 bridgehead atoms. The molecule has 1 aliphatic heterocycles. The second-order valence-corrected chi connectivity index (χ2v) is 4.22. The van der Waals surface area contributed by atoms with Crippen molar-refractivity contribution in [1.82, 2.24) is 4.90 Å². The predicted molar refractivity (Wildman–Crippen MR) is 45.3 cm³/mol. The molecule has 3 N–H and O–H groups in total. The SMILES string of the molecule is CC1(C)CN(CC(O)CN)C1. The highest BCUT2D eigenvalue weighted by atomic mass is 16.3. The Hall–Kier alpha value is -0.120. The highest BCUT2D eigenvalue weighted by Crippen LogP contribution is 2.28. The number of nitrogens with two attached hydrogens (primary N) is 1. The zero-order valence-electron chi connectivity index (χ0n) is 7.38. The average molecular weight is 158 g/mol. The molecule has 0 amide bonds. The van der Waals surface area contributed by atoms with Crippen molar-refractivity contribution < 1.29 is 5.11 Å². The predicted octanol–water partition coefficient (Wildman–Crippen LogP) is -0.352. The molecule has 1 aliphatic rings. The van der Waals surface area contributed by atoms with Crippen LogP contribution in [0.5, 0.6) is 0 Å². The molecule has 0 aromatic rings. The smallest absolute Gasteiger partial charge is 0.0789 e. The lowest BCUT2D eigenvalue weighted by atomic mass is 9.84. The van der Waals surface area contributed by atoms with Gasteiger partial charge in [-0.3, -0.25) is 4.90 Å². The van der Waals surface area contributed by atoms with Crippen molar-refractivity contribution in [2.75, 3.05) is 26.2 Å². The molecule has 0 spiro atoms. The van der Waals surface area contributed by atoms with Crippen molar-refractivity contribution >= 4 is 0 Å². The lowest BCUT2D eigenvalue weighted by Gasteiger charge is -2.46. The molecular formula is C8H18N2O. The van der Waals surface area contributed by atoms with Gasteiger partial charge < -0.3 is 10.8 Å². The Bertz CT molecular complexity index is 128. The summed E-state index contributed by atoms with van der Waals surface area (Å²) in [4.78, 5) is 2.23. The van der Waals surface area contributed by atoms with Crippen molar-refractivity contribution in [3.05, 3.63) is 0 Å². The van der Waals surface area contributed by atoms with Gasteiger partial charge in [0.1, 0.15) is 0 Å². The molecule has 1 rings (SSSR count). The molecule has 1 fully saturated rings. The van der Waals surface area contributed by atoms with E-state index in [1.165, 1.54) is 0 Å². The van der Waals surface area contributed by atoms with E-state index in [0.717, 1.165) is 19.6 Å². The molecule has 3 heteroatoms. The van der Waals surface area contributed by atoms with Gasteiger partial charge in [-0.15, -0.1) is 0 Å². The largest absolute Gasteiger partial charge is 0.390 e. The fraction of sp³-hybridized carbons (Fsp3) is 1.00. The van der Waals surface area contributed by atoms with E-state index in [2.05, 4.69) is 18.7 Å². The Morgan fingerprint density at radius 1 is 1.55 bits per heavy atom. The quantitative estimate of drug-likeness (QED) is 0.590. The van der Waals surface area contributed by atoms with E-state index in [4.69, 9.17) is 5.73 Å². The lowest BCUT2D eigenvalue weighted by molar-refractivity contribution is -0.00271. The van der Waals surface area contributed by atoms with E-state index in [9.17, 15) is 5.11 Å². The normalized spacial score (nSPS) is 26.2. The highest BCUT2D eigenvalue weighted by Gasteiger charge is 2.34. The molecule has 66 valence electrons. The molecule has 1 atom stereocenters. The van der Waals surface area contributed by atoms with Crippen molar-refractivity contribution in [2.24, 2.45) is 11.1 Å². The van der Waals surface area contributed by atoms with Crippen LogP contribution in [0.4, 0.5) is 0 Å². The Morgan fingerprint density at radius 3 is 2.45 bits per heavy atom. The van der Waals surface area contributed by atoms with E-state index in [-0.39, 0.29) is 6.10 Å². The van der Waals surface area contributed by atoms with Crippen molar-refractivity contribution in [1.29, 1.82) is 0 Å². The molecule has 0 radical (unpaired) electrons. The van der Waals surface area contributed by atoms with Gasteiger partial charge in [0.2, 0.25) is 0 Å². The summed E-state index contributed by atoms with van der Waals surface area (Å²) >= 11 is 0. The molecular weight excluding hydrogens is 140 g/mol. The van der Waals surface area contributed by atoms with Crippen LogP contribution in [0, 0.1) is 5.41 Å². The van der Waals surface area contributed by atoms with E-state index in [1.807, 2.05) is 0 Å². The third kappa shape index (κ3) is 2.43. The minimum atomic E-state index is -0.342. The summed E-state index contributed by atoms with van der Waals surface area (Å²) in [7, 11) is 0. The Balaban J connectivity index is 2.13. The summed E-state index contributed by atoms with van der Waals surface area (Å²) in [6, 6.07) is 0. The van der Waals surface area contributed by atoms with E-state index >= 15 is 0 Å². The van der Waals surface area contributed by atoms with Gasteiger partial charge in [-0.2, -0.15) is 0 Å². The van der Waals surface area contributed by atoms with E-state index < -0.39 is 0 Å². The first kappa shape index (κ1) is 8.97. The number of likely N-dealkylation sites (tertiary alicyclic amines) is 1. The maximum Gasteiger partial charge on any atom is 0.0789 e. The van der Waals surface area contributed by atoms with Crippen LogP contribution in [0.2, 0.25) is 0 Å². The van der Waals surface area contributed by atoms with Gasteiger partial charge in [-0.25, -0.2) is 0 Å². The molecule has 0 saturated carbocycles. The second-order valence-electron chi connectivity index (χ2n) is 4.22. The topological polar surface area (TPSA) is 49.5 Å². The fourth-order valence-corrected chi connectivity index (χ4v) is 1.67. The number of nitrogens with zero attached hydrogens (tertiary/aromatic N) is 1. The van der Waals surface area contributed by atoms with Crippen molar-refractivity contribution in [3.63, 3.8) is 0 Å². The van der Waals surface area contributed by atoms with Crippen molar-refractivity contribution in [2.45, 2.75) is 20.0 Å². The third-order valence-electron chi connectivity index (χ3n) is 2.04. The number of hydrogen-bond donors (Lipinski definition) is 2. The van der Waals surface area contributed by atoms with Crippen molar-refractivity contribution in [3.8, 4) is 0 Å². The average Bonchev–Trinajstić information content (AvgIpc) is 1.83. The first-order valence-electron chi connectivity index (χ1n) is 4.14. The van der Waals surface area contributed by atoms with Gasteiger partial charge in [-0.05, 0) is 5.41 Å². The first-order valence-corrected chi connectivity index (χ1v) is 4.14. The van der Waals surface area contributed by atoms with Gasteiger partial charge in [0.15, 0.2) is 0 Å². The molecule has 0 aromatic heterocycles. The van der Waals surface area contributed by atoms with Gasteiger partial charge in [-0.1, -0.05) is 13.8 Å². The third-order valence-corrected chi connectivity index (χ3v) is 2.04.